The van der Waals surface area contributed by atoms with Crippen LogP contribution in [0, 0.1) is 6.92 Å². The largest absolute Gasteiger partial charge is 0.383 e. The molecule has 0 saturated heterocycles. The fraction of sp³-hybridized carbons (Fsp3) is 0.462. The SMILES string of the molecule is COCCNCc1ccn(Cc2cc(C)on2)c1. The Hall–Kier alpha value is -1.59. The average Bonchev–Trinajstić information content (AvgIpc) is 2.95. The Morgan fingerprint density at radius 3 is 3.11 bits per heavy atom. The second-order valence-electron chi connectivity index (χ2n) is 4.29. The van der Waals surface area contributed by atoms with Gasteiger partial charge < -0.3 is 19.1 Å². The Morgan fingerprint density at radius 2 is 2.39 bits per heavy atom. The van der Waals surface area contributed by atoms with Crippen LogP contribution in [0.3, 0.4) is 0 Å². The van der Waals surface area contributed by atoms with E-state index in [2.05, 4.69) is 33.5 Å². The average molecular weight is 249 g/mol. The van der Waals surface area contributed by atoms with Crippen molar-refractivity contribution in [2.24, 2.45) is 0 Å². The highest BCUT2D eigenvalue weighted by Crippen LogP contribution is 2.07. The number of hydrogen-bond acceptors (Lipinski definition) is 4. The molecular weight excluding hydrogens is 230 g/mol. The lowest BCUT2D eigenvalue weighted by atomic mass is 10.3. The summed E-state index contributed by atoms with van der Waals surface area (Å²) in [7, 11) is 1.71. The van der Waals surface area contributed by atoms with Crippen LogP contribution in [0.5, 0.6) is 0 Å². The molecule has 0 unspecified atom stereocenters. The van der Waals surface area contributed by atoms with Crippen LogP contribution in [0.1, 0.15) is 17.0 Å². The summed E-state index contributed by atoms with van der Waals surface area (Å²) in [6.45, 7) is 5.10. The van der Waals surface area contributed by atoms with Crippen LogP contribution < -0.4 is 5.32 Å². The molecule has 0 bridgehead atoms. The van der Waals surface area contributed by atoms with Crippen molar-refractivity contribution in [3.63, 3.8) is 0 Å². The van der Waals surface area contributed by atoms with Crippen LogP contribution >= 0.6 is 0 Å². The van der Waals surface area contributed by atoms with Crippen LogP contribution in [0.15, 0.2) is 29.0 Å². The number of methoxy groups -OCH3 is 1. The van der Waals surface area contributed by atoms with Gasteiger partial charge in [0.25, 0.3) is 0 Å². The Bertz CT molecular complexity index is 476. The van der Waals surface area contributed by atoms with Gasteiger partial charge in [-0.25, -0.2) is 0 Å². The van der Waals surface area contributed by atoms with Gasteiger partial charge in [-0.15, -0.1) is 0 Å². The summed E-state index contributed by atoms with van der Waals surface area (Å²) in [5.74, 6) is 0.846. The number of nitrogens with zero attached hydrogens (tertiary/aromatic N) is 2. The molecule has 5 heteroatoms. The van der Waals surface area contributed by atoms with E-state index in [9.17, 15) is 0 Å². The van der Waals surface area contributed by atoms with Crippen LogP contribution in [0.2, 0.25) is 0 Å². The Kier molecular flexibility index (Phi) is 4.55. The fourth-order valence-corrected chi connectivity index (χ4v) is 1.78. The highest BCUT2D eigenvalue weighted by Gasteiger charge is 2.02. The third kappa shape index (κ3) is 3.72. The maximum absolute atomic E-state index is 5.05. The summed E-state index contributed by atoms with van der Waals surface area (Å²) < 4.78 is 12.1. The van der Waals surface area contributed by atoms with Gasteiger partial charge in [0.05, 0.1) is 13.2 Å². The molecular formula is C13H19N3O2. The van der Waals surface area contributed by atoms with E-state index >= 15 is 0 Å². The van der Waals surface area contributed by atoms with E-state index in [1.807, 2.05) is 13.0 Å². The molecule has 0 fully saturated rings. The van der Waals surface area contributed by atoms with E-state index in [4.69, 9.17) is 9.26 Å². The molecule has 0 saturated carbocycles. The number of ether oxygens (including phenoxy) is 1. The number of aryl methyl sites for hydroxylation is 1. The van der Waals surface area contributed by atoms with Gasteiger partial charge in [-0.3, -0.25) is 0 Å². The van der Waals surface area contributed by atoms with Crippen molar-refractivity contribution in [3.8, 4) is 0 Å². The summed E-state index contributed by atoms with van der Waals surface area (Å²) in [5.41, 5.74) is 2.20. The normalized spacial score (nSPS) is 11.0. The lowest BCUT2D eigenvalue weighted by Gasteiger charge is -2.01. The van der Waals surface area contributed by atoms with Gasteiger partial charge >= 0.3 is 0 Å². The first-order chi connectivity index (χ1) is 8.78. The van der Waals surface area contributed by atoms with E-state index in [0.717, 1.165) is 37.7 Å². The molecule has 98 valence electrons. The van der Waals surface area contributed by atoms with Crippen molar-refractivity contribution in [2.75, 3.05) is 20.3 Å². The third-order valence-electron chi connectivity index (χ3n) is 2.65. The van der Waals surface area contributed by atoms with Gasteiger partial charge in [0.15, 0.2) is 0 Å². The second kappa shape index (κ2) is 6.37. The Labute approximate surface area is 107 Å². The number of hydrogen-bond donors (Lipinski definition) is 1. The van der Waals surface area contributed by atoms with E-state index in [-0.39, 0.29) is 0 Å². The predicted octanol–water partition coefficient (Wildman–Crippen LogP) is 1.57. The summed E-state index contributed by atoms with van der Waals surface area (Å²) in [4.78, 5) is 0. The molecule has 0 aliphatic rings. The first-order valence-electron chi connectivity index (χ1n) is 6.04. The molecule has 2 aromatic rings. The van der Waals surface area contributed by atoms with Gasteiger partial charge in [0.1, 0.15) is 11.5 Å². The summed E-state index contributed by atoms with van der Waals surface area (Å²) >= 11 is 0. The van der Waals surface area contributed by atoms with Crippen LogP contribution in [0.25, 0.3) is 0 Å². The number of aromatic nitrogens is 2. The van der Waals surface area contributed by atoms with Crippen molar-refractivity contribution in [2.45, 2.75) is 20.0 Å². The number of nitrogens with one attached hydrogen (secondary N) is 1. The molecule has 2 heterocycles. The topological polar surface area (TPSA) is 52.2 Å². The zero-order valence-corrected chi connectivity index (χ0v) is 10.8. The monoisotopic (exact) mass is 249 g/mol. The van der Waals surface area contributed by atoms with Crippen LogP contribution in [-0.4, -0.2) is 30.0 Å². The summed E-state index contributed by atoms with van der Waals surface area (Å²) in [5, 5.41) is 7.29. The quantitative estimate of drug-likeness (QED) is 0.757. The number of rotatable bonds is 7. The molecule has 5 nitrogen and oxygen atoms in total. The molecule has 0 spiro atoms. The lowest BCUT2D eigenvalue weighted by molar-refractivity contribution is 0.199. The van der Waals surface area contributed by atoms with Crippen molar-refractivity contribution in [3.05, 3.63) is 41.5 Å². The first kappa shape index (κ1) is 12.9. The molecule has 0 radical (unpaired) electrons. The van der Waals surface area contributed by atoms with Crippen molar-refractivity contribution >= 4 is 0 Å². The molecule has 0 aliphatic carbocycles. The van der Waals surface area contributed by atoms with Gasteiger partial charge in [0, 0.05) is 38.7 Å². The maximum Gasteiger partial charge on any atom is 0.133 e. The Balaban J connectivity index is 1.82. The van der Waals surface area contributed by atoms with Crippen molar-refractivity contribution in [1.82, 2.24) is 15.0 Å². The molecule has 2 aromatic heterocycles. The lowest BCUT2D eigenvalue weighted by Crippen LogP contribution is -2.18. The molecule has 0 atom stereocenters. The van der Waals surface area contributed by atoms with Crippen molar-refractivity contribution in [1.29, 1.82) is 0 Å². The predicted molar refractivity (Wildman–Crippen MR) is 68.4 cm³/mol. The van der Waals surface area contributed by atoms with Gasteiger partial charge in [-0.2, -0.15) is 0 Å². The molecule has 0 aromatic carbocycles. The van der Waals surface area contributed by atoms with Crippen LogP contribution in [0.4, 0.5) is 0 Å². The minimum atomic E-state index is 0.735. The first-order valence-corrected chi connectivity index (χ1v) is 6.04. The second-order valence-corrected chi connectivity index (χ2v) is 4.29. The molecule has 18 heavy (non-hydrogen) atoms. The minimum Gasteiger partial charge on any atom is -0.383 e. The van der Waals surface area contributed by atoms with E-state index < -0.39 is 0 Å². The third-order valence-corrected chi connectivity index (χ3v) is 2.65. The van der Waals surface area contributed by atoms with E-state index in [0.29, 0.717) is 0 Å². The summed E-state index contributed by atoms with van der Waals surface area (Å²) in [6, 6.07) is 4.06. The van der Waals surface area contributed by atoms with Crippen molar-refractivity contribution < 1.29 is 9.26 Å². The molecule has 2 rings (SSSR count). The zero-order valence-electron chi connectivity index (χ0n) is 10.8. The Morgan fingerprint density at radius 1 is 1.50 bits per heavy atom. The van der Waals surface area contributed by atoms with Gasteiger partial charge in [0.2, 0.25) is 0 Å². The van der Waals surface area contributed by atoms with Gasteiger partial charge in [-0.05, 0) is 18.6 Å². The standard InChI is InChI=1S/C13H19N3O2/c1-11-7-13(15-18-11)10-16-5-3-12(9-16)8-14-4-6-17-2/h3,5,7,9,14H,4,6,8,10H2,1-2H3. The smallest absolute Gasteiger partial charge is 0.133 e. The molecule has 1 N–H and O–H groups in total. The fourth-order valence-electron chi connectivity index (χ4n) is 1.78. The van der Waals surface area contributed by atoms with E-state index in [1.54, 1.807) is 7.11 Å². The molecule has 0 amide bonds. The summed E-state index contributed by atoms with van der Waals surface area (Å²) in [6.07, 6.45) is 4.17. The highest BCUT2D eigenvalue weighted by molar-refractivity contribution is 5.12. The van der Waals surface area contributed by atoms with Crippen LogP contribution in [-0.2, 0) is 17.8 Å². The zero-order chi connectivity index (χ0) is 12.8. The van der Waals surface area contributed by atoms with Gasteiger partial charge in [-0.1, -0.05) is 5.16 Å². The maximum atomic E-state index is 5.05. The van der Waals surface area contributed by atoms with E-state index in [1.165, 1.54) is 5.56 Å². The minimum absolute atomic E-state index is 0.735. The highest BCUT2D eigenvalue weighted by atomic mass is 16.5. The molecule has 0 aliphatic heterocycles.